The molecule has 0 radical (unpaired) electrons. The summed E-state index contributed by atoms with van der Waals surface area (Å²) in [6, 6.07) is 6.32. The van der Waals surface area contributed by atoms with Gasteiger partial charge in [0.2, 0.25) is 0 Å². The van der Waals surface area contributed by atoms with Crippen LogP contribution in [0.1, 0.15) is 18.7 Å². The molecule has 0 aromatic carbocycles. The molecule has 0 aliphatic carbocycles. The Bertz CT molecular complexity index is 654. The summed E-state index contributed by atoms with van der Waals surface area (Å²) in [5.74, 6) is 0. The fraction of sp³-hybridized carbons (Fsp3) is 0.429. The van der Waals surface area contributed by atoms with Crippen molar-refractivity contribution in [1.29, 1.82) is 0 Å². The lowest BCUT2D eigenvalue weighted by atomic mass is 10.2. The van der Waals surface area contributed by atoms with Gasteiger partial charge in [-0.1, -0.05) is 6.07 Å². The minimum absolute atomic E-state index is 0.456. The van der Waals surface area contributed by atoms with Crippen LogP contribution >= 0.6 is 22.7 Å². The molecule has 3 nitrogen and oxygen atoms in total. The molecule has 20 heavy (non-hydrogen) atoms. The minimum atomic E-state index is -3.04. The summed E-state index contributed by atoms with van der Waals surface area (Å²) in [6.45, 7) is 4.66. The third-order valence-electron chi connectivity index (χ3n) is 3.31. The summed E-state index contributed by atoms with van der Waals surface area (Å²) in [5.41, 5.74) is 1.24. The average Bonchev–Trinajstić information content (AvgIpc) is 2.96. The Hall–Kier alpha value is -0.690. The van der Waals surface area contributed by atoms with Crippen molar-refractivity contribution in [3.8, 4) is 10.4 Å². The first kappa shape index (κ1) is 15.7. The Morgan fingerprint density at radius 2 is 2.05 bits per heavy atom. The van der Waals surface area contributed by atoms with Crippen molar-refractivity contribution in [2.45, 2.75) is 25.1 Å². The molecule has 0 saturated carbocycles. The Morgan fingerprint density at radius 3 is 2.65 bits per heavy atom. The smallest absolute Gasteiger partial charge is 0.153 e. The van der Waals surface area contributed by atoms with Crippen molar-refractivity contribution in [3.05, 3.63) is 33.8 Å². The fourth-order valence-electron chi connectivity index (χ4n) is 1.66. The zero-order chi connectivity index (χ0) is 14.8. The monoisotopic (exact) mass is 329 g/mol. The molecule has 0 aliphatic heterocycles. The van der Waals surface area contributed by atoms with E-state index in [-0.39, 0.29) is 0 Å². The molecular formula is C14H19NO2S3. The van der Waals surface area contributed by atoms with E-state index in [4.69, 9.17) is 0 Å². The molecule has 0 saturated heterocycles. The van der Waals surface area contributed by atoms with Gasteiger partial charge in [0.25, 0.3) is 0 Å². The number of rotatable bonds is 6. The van der Waals surface area contributed by atoms with Crippen molar-refractivity contribution in [1.82, 2.24) is 5.32 Å². The zero-order valence-corrected chi connectivity index (χ0v) is 14.3. The molecule has 0 bridgehead atoms. The van der Waals surface area contributed by atoms with Crippen molar-refractivity contribution in [2.75, 3.05) is 12.8 Å². The van der Waals surface area contributed by atoms with Gasteiger partial charge >= 0.3 is 0 Å². The maximum absolute atomic E-state index is 11.6. The van der Waals surface area contributed by atoms with E-state index in [2.05, 4.69) is 28.2 Å². The second kappa shape index (κ2) is 5.97. The van der Waals surface area contributed by atoms with Gasteiger partial charge in [-0.2, -0.15) is 0 Å². The van der Waals surface area contributed by atoms with Gasteiger partial charge in [-0.05, 0) is 36.7 Å². The number of hydrogen-bond donors (Lipinski definition) is 1. The third kappa shape index (κ3) is 3.69. The average molecular weight is 330 g/mol. The van der Waals surface area contributed by atoms with E-state index in [9.17, 15) is 8.42 Å². The van der Waals surface area contributed by atoms with E-state index in [1.165, 1.54) is 21.6 Å². The van der Waals surface area contributed by atoms with Crippen molar-refractivity contribution in [3.63, 3.8) is 0 Å². The molecule has 110 valence electrons. The SMILES string of the molecule is CC(C)(CNCc1cc(-c2cccs2)cs1)S(C)(=O)=O. The van der Waals surface area contributed by atoms with Gasteiger partial charge in [0.15, 0.2) is 9.84 Å². The summed E-state index contributed by atoms with van der Waals surface area (Å²) in [4.78, 5) is 2.49. The maximum atomic E-state index is 11.6. The highest BCUT2D eigenvalue weighted by Gasteiger charge is 2.29. The largest absolute Gasteiger partial charge is 0.310 e. The quantitative estimate of drug-likeness (QED) is 0.883. The number of thiophene rings is 2. The molecule has 0 unspecified atom stereocenters. The second-order valence-corrected chi connectivity index (χ2v) is 10.0. The third-order valence-corrected chi connectivity index (χ3v) is 7.32. The van der Waals surface area contributed by atoms with Crippen LogP contribution in [0.5, 0.6) is 0 Å². The number of sulfone groups is 1. The van der Waals surface area contributed by atoms with Gasteiger partial charge in [-0.3, -0.25) is 0 Å². The Kier molecular flexibility index (Phi) is 4.69. The minimum Gasteiger partial charge on any atom is -0.310 e. The normalized spacial score (nSPS) is 12.8. The summed E-state index contributed by atoms with van der Waals surface area (Å²) >= 11 is 3.43. The van der Waals surface area contributed by atoms with Crippen LogP contribution in [0.2, 0.25) is 0 Å². The van der Waals surface area contributed by atoms with Crippen LogP contribution in [0, 0.1) is 0 Å². The lowest BCUT2D eigenvalue weighted by molar-refractivity contribution is 0.522. The van der Waals surface area contributed by atoms with Crippen molar-refractivity contribution < 1.29 is 8.42 Å². The predicted molar refractivity (Wildman–Crippen MR) is 88.3 cm³/mol. The molecule has 0 spiro atoms. The fourth-order valence-corrected chi connectivity index (χ4v) is 3.67. The molecule has 2 aromatic heterocycles. The number of hydrogen-bond acceptors (Lipinski definition) is 5. The summed E-state index contributed by atoms with van der Waals surface area (Å²) < 4.78 is 22.5. The van der Waals surface area contributed by atoms with Crippen LogP contribution in [-0.4, -0.2) is 26.0 Å². The molecule has 0 fully saturated rings. The highest BCUT2D eigenvalue weighted by Crippen LogP contribution is 2.29. The summed E-state index contributed by atoms with van der Waals surface area (Å²) in [7, 11) is -3.04. The summed E-state index contributed by atoms with van der Waals surface area (Å²) in [5, 5.41) is 7.45. The Balaban J connectivity index is 1.93. The molecule has 6 heteroatoms. The molecule has 2 heterocycles. The Labute approximate surface area is 128 Å². The molecule has 1 N–H and O–H groups in total. The second-order valence-electron chi connectivity index (χ2n) is 5.41. The van der Waals surface area contributed by atoms with Crippen LogP contribution in [-0.2, 0) is 16.4 Å². The molecule has 2 rings (SSSR count). The van der Waals surface area contributed by atoms with Gasteiger partial charge < -0.3 is 5.32 Å². The van der Waals surface area contributed by atoms with E-state index >= 15 is 0 Å². The van der Waals surface area contributed by atoms with Crippen LogP contribution in [0.3, 0.4) is 0 Å². The van der Waals surface area contributed by atoms with Crippen LogP contribution in [0.15, 0.2) is 29.0 Å². The van der Waals surface area contributed by atoms with Gasteiger partial charge in [-0.15, -0.1) is 22.7 Å². The predicted octanol–water partition coefficient (Wildman–Crippen LogP) is 3.39. The Morgan fingerprint density at radius 1 is 1.30 bits per heavy atom. The topological polar surface area (TPSA) is 46.2 Å². The summed E-state index contributed by atoms with van der Waals surface area (Å²) in [6.07, 6.45) is 1.29. The zero-order valence-electron chi connectivity index (χ0n) is 11.8. The molecular weight excluding hydrogens is 310 g/mol. The van der Waals surface area contributed by atoms with Gasteiger partial charge in [-0.25, -0.2) is 8.42 Å². The maximum Gasteiger partial charge on any atom is 0.153 e. The lowest BCUT2D eigenvalue weighted by Crippen LogP contribution is -2.41. The van der Waals surface area contributed by atoms with Gasteiger partial charge in [0.1, 0.15) is 0 Å². The van der Waals surface area contributed by atoms with E-state index in [1.807, 2.05) is 6.07 Å². The first-order valence-electron chi connectivity index (χ1n) is 6.31. The van der Waals surface area contributed by atoms with Crippen molar-refractivity contribution in [2.24, 2.45) is 0 Å². The number of nitrogens with one attached hydrogen (secondary N) is 1. The highest BCUT2D eigenvalue weighted by atomic mass is 32.2. The first-order valence-corrected chi connectivity index (χ1v) is 9.96. The standard InChI is InChI=1S/C14H19NO2S3/c1-14(2,20(3,16)17)10-15-8-12-7-11(9-19-12)13-5-4-6-18-13/h4-7,9,15H,8,10H2,1-3H3. The van der Waals surface area contributed by atoms with E-state index in [0.717, 1.165) is 0 Å². The first-order chi connectivity index (χ1) is 9.29. The van der Waals surface area contributed by atoms with Gasteiger partial charge in [0.05, 0.1) is 4.75 Å². The molecule has 0 amide bonds. The highest BCUT2D eigenvalue weighted by molar-refractivity contribution is 7.92. The lowest BCUT2D eigenvalue weighted by Gasteiger charge is -2.22. The van der Waals surface area contributed by atoms with E-state index in [0.29, 0.717) is 13.1 Å². The van der Waals surface area contributed by atoms with Gasteiger partial charge in [0, 0.05) is 34.7 Å². The van der Waals surface area contributed by atoms with Crippen molar-refractivity contribution >= 4 is 32.5 Å². The molecule has 0 atom stereocenters. The van der Waals surface area contributed by atoms with Crippen LogP contribution < -0.4 is 5.32 Å². The van der Waals surface area contributed by atoms with E-state index < -0.39 is 14.6 Å². The van der Waals surface area contributed by atoms with E-state index in [1.54, 1.807) is 36.5 Å². The molecule has 2 aromatic rings. The van der Waals surface area contributed by atoms with Crippen LogP contribution in [0.4, 0.5) is 0 Å². The molecule has 0 aliphatic rings. The van der Waals surface area contributed by atoms with Crippen LogP contribution in [0.25, 0.3) is 10.4 Å².